The molecular weight excluding hydrogens is 366 g/mol. The van der Waals surface area contributed by atoms with Crippen LogP contribution in [-0.2, 0) is 4.79 Å². The van der Waals surface area contributed by atoms with E-state index in [1.165, 1.54) is 5.57 Å². The van der Waals surface area contributed by atoms with Crippen LogP contribution in [0, 0.1) is 17.8 Å². The number of hydrogen-bond acceptors (Lipinski definition) is 4. The number of carbonyl (C=O) groups is 1. The third kappa shape index (κ3) is 8.23. The molecule has 5 heteroatoms. The van der Waals surface area contributed by atoms with Crippen LogP contribution in [0.3, 0.4) is 0 Å². The summed E-state index contributed by atoms with van der Waals surface area (Å²) in [6, 6.07) is 0. The molecule has 166 valence electrons. The second kappa shape index (κ2) is 13.2. The number of amides is 1. The summed E-state index contributed by atoms with van der Waals surface area (Å²) in [7, 11) is 0. The largest absolute Gasteiger partial charge is 0.396 e. The summed E-state index contributed by atoms with van der Waals surface area (Å²) in [5.41, 5.74) is 1.47. The third-order valence-electron chi connectivity index (χ3n) is 6.47. The summed E-state index contributed by atoms with van der Waals surface area (Å²) >= 11 is 0. The third-order valence-corrected chi connectivity index (χ3v) is 6.47. The van der Waals surface area contributed by atoms with Gasteiger partial charge in [0.15, 0.2) is 0 Å². The summed E-state index contributed by atoms with van der Waals surface area (Å²) in [6.07, 6.45) is 15.6. The molecule has 2 fully saturated rings. The lowest BCUT2D eigenvalue weighted by molar-refractivity contribution is -0.121. The quantitative estimate of drug-likeness (QED) is 0.278. The van der Waals surface area contributed by atoms with E-state index in [1.807, 2.05) is 6.08 Å². The van der Waals surface area contributed by atoms with Crippen molar-refractivity contribution < 1.29 is 20.1 Å². The van der Waals surface area contributed by atoms with Gasteiger partial charge in [-0.05, 0) is 56.8 Å². The second-order valence-corrected chi connectivity index (χ2v) is 8.84. The maximum Gasteiger partial charge on any atom is 0.220 e. The molecule has 29 heavy (non-hydrogen) atoms. The topological polar surface area (TPSA) is 89.8 Å². The van der Waals surface area contributed by atoms with Crippen LogP contribution in [0.25, 0.3) is 0 Å². The van der Waals surface area contributed by atoms with Crippen LogP contribution in [0.1, 0.15) is 77.6 Å². The van der Waals surface area contributed by atoms with E-state index in [4.69, 9.17) is 5.11 Å². The highest BCUT2D eigenvalue weighted by Gasteiger charge is 2.44. The van der Waals surface area contributed by atoms with E-state index < -0.39 is 6.10 Å². The van der Waals surface area contributed by atoms with Crippen molar-refractivity contribution in [3.8, 4) is 0 Å². The highest BCUT2D eigenvalue weighted by Crippen LogP contribution is 2.50. The molecule has 5 atom stereocenters. The van der Waals surface area contributed by atoms with Crippen molar-refractivity contribution >= 4 is 5.91 Å². The standard InChI is InChI=1S/C24H41NO4/c1-2-3-4-9-20(27)11-12-21-22-16-18(15-19(22)17-23(21)28)8-5-6-10-24(29)25-13-7-14-26/h8,11-12,19-23,26-28H,2-7,9-10,13-17H2,1H3,(H,25,29)/b12-11+,18-8+/t19-,20-,21+,22-,23+/m0/s1. The van der Waals surface area contributed by atoms with E-state index in [9.17, 15) is 15.0 Å². The molecule has 0 saturated heterocycles. The summed E-state index contributed by atoms with van der Waals surface area (Å²) in [5, 5.41) is 32.2. The zero-order chi connectivity index (χ0) is 21.1. The van der Waals surface area contributed by atoms with E-state index in [1.54, 1.807) is 0 Å². The van der Waals surface area contributed by atoms with Gasteiger partial charge in [-0.25, -0.2) is 0 Å². The van der Waals surface area contributed by atoms with Crippen LogP contribution < -0.4 is 5.32 Å². The average molecular weight is 408 g/mol. The van der Waals surface area contributed by atoms with Gasteiger partial charge in [-0.3, -0.25) is 4.79 Å². The molecule has 2 aliphatic rings. The minimum atomic E-state index is -0.396. The van der Waals surface area contributed by atoms with E-state index in [2.05, 4.69) is 24.4 Å². The molecule has 0 bridgehead atoms. The fourth-order valence-electron chi connectivity index (χ4n) is 4.86. The Hall–Kier alpha value is -1.17. The van der Waals surface area contributed by atoms with Gasteiger partial charge < -0.3 is 20.6 Å². The highest BCUT2D eigenvalue weighted by atomic mass is 16.3. The van der Waals surface area contributed by atoms with Crippen LogP contribution in [0.4, 0.5) is 0 Å². The lowest BCUT2D eigenvalue weighted by Gasteiger charge is -2.17. The molecule has 4 N–H and O–H groups in total. The number of aliphatic hydroxyl groups excluding tert-OH is 3. The zero-order valence-electron chi connectivity index (χ0n) is 18.1. The predicted octanol–water partition coefficient (Wildman–Crippen LogP) is 3.49. The Morgan fingerprint density at radius 1 is 1.24 bits per heavy atom. The predicted molar refractivity (Wildman–Crippen MR) is 116 cm³/mol. The molecular formula is C24H41NO4. The van der Waals surface area contributed by atoms with Gasteiger partial charge in [0.1, 0.15) is 0 Å². The first-order chi connectivity index (χ1) is 14.0. The van der Waals surface area contributed by atoms with Gasteiger partial charge in [-0.1, -0.05) is 50.0 Å². The van der Waals surface area contributed by atoms with Crippen molar-refractivity contribution in [1.29, 1.82) is 0 Å². The molecule has 5 nitrogen and oxygen atoms in total. The number of nitrogens with one attached hydrogen (secondary N) is 1. The number of carbonyl (C=O) groups excluding carboxylic acids is 1. The minimum Gasteiger partial charge on any atom is -0.396 e. The molecule has 2 aliphatic carbocycles. The summed E-state index contributed by atoms with van der Waals surface area (Å²) in [5.74, 6) is 1.25. The van der Waals surface area contributed by atoms with Crippen LogP contribution >= 0.6 is 0 Å². The van der Waals surface area contributed by atoms with E-state index in [-0.39, 0.29) is 24.5 Å². The fourth-order valence-corrected chi connectivity index (χ4v) is 4.86. The van der Waals surface area contributed by atoms with Crippen LogP contribution in [-0.4, -0.2) is 46.6 Å². The first kappa shape index (κ1) is 24.1. The van der Waals surface area contributed by atoms with Crippen molar-refractivity contribution in [1.82, 2.24) is 5.32 Å². The SMILES string of the molecule is CCCCC[C@H](O)/C=C/[C@@H]1[C@H]2C/C(=C/CCCC(=O)NCCCO)C[C@H]2C[C@H]1O. The zero-order valence-corrected chi connectivity index (χ0v) is 18.1. The monoisotopic (exact) mass is 407 g/mol. The van der Waals surface area contributed by atoms with Crippen molar-refractivity contribution in [2.24, 2.45) is 17.8 Å². The van der Waals surface area contributed by atoms with Crippen molar-refractivity contribution in [3.05, 3.63) is 23.8 Å². The van der Waals surface area contributed by atoms with Crippen molar-refractivity contribution in [2.45, 2.75) is 89.8 Å². The molecule has 1 amide bonds. The molecule has 0 unspecified atom stereocenters. The molecule has 2 saturated carbocycles. The molecule has 0 aromatic rings. The Morgan fingerprint density at radius 3 is 2.83 bits per heavy atom. The van der Waals surface area contributed by atoms with Crippen molar-refractivity contribution in [2.75, 3.05) is 13.2 Å². The molecule has 0 radical (unpaired) electrons. The number of fused-ring (bicyclic) bond motifs is 1. The van der Waals surface area contributed by atoms with Gasteiger partial charge in [-0.15, -0.1) is 0 Å². The lowest BCUT2D eigenvalue weighted by Crippen LogP contribution is -2.24. The van der Waals surface area contributed by atoms with Crippen LogP contribution in [0.15, 0.2) is 23.8 Å². The lowest BCUT2D eigenvalue weighted by atomic mass is 9.90. The van der Waals surface area contributed by atoms with E-state index in [0.717, 1.165) is 57.8 Å². The Kier molecular flexibility index (Phi) is 11.0. The smallest absolute Gasteiger partial charge is 0.220 e. The fraction of sp³-hybridized carbons (Fsp3) is 0.792. The maximum atomic E-state index is 11.7. The Morgan fingerprint density at radius 2 is 2.07 bits per heavy atom. The van der Waals surface area contributed by atoms with Gasteiger partial charge >= 0.3 is 0 Å². The van der Waals surface area contributed by atoms with Gasteiger partial charge in [0.05, 0.1) is 12.2 Å². The molecule has 0 aromatic heterocycles. The summed E-state index contributed by atoms with van der Waals surface area (Å²) in [6.45, 7) is 2.82. The van der Waals surface area contributed by atoms with Gasteiger partial charge in [0.2, 0.25) is 5.91 Å². The number of unbranched alkanes of at least 4 members (excludes halogenated alkanes) is 3. The van der Waals surface area contributed by atoms with Gasteiger partial charge in [0, 0.05) is 25.5 Å². The summed E-state index contributed by atoms with van der Waals surface area (Å²) in [4.78, 5) is 11.7. The summed E-state index contributed by atoms with van der Waals surface area (Å²) < 4.78 is 0. The van der Waals surface area contributed by atoms with Gasteiger partial charge in [0.25, 0.3) is 0 Å². The first-order valence-corrected chi connectivity index (χ1v) is 11.6. The maximum absolute atomic E-state index is 11.7. The Labute approximate surface area is 176 Å². The molecule has 0 spiro atoms. The van der Waals surface area contributed by atoms with Crippen molar-refractivity contribution in [3.63, 3.8) is 0 Å². The first-order valence-electron chi connectivity index (χ1n) is 11.6. The molecule has 0 aromatic carbocycles. The minimum absolute atomic E-state index is 0.0611. The average Bonchev–Trinajstić information content (AvgIpc) is 3.20. The van der Waals surface area contributed by atoms with Crippen LogP contribution in [0.5, 0.6) is 0 Å². The number of hydrogen-bond donors (Lipinski definition) is 4. The Bertz CT molecular complexity index is 545. The second-order valence-electron chi connectivity index (χ2n) is 8.84. The molecule has 0 aliphatic heterocycles. The number of allylic oxidation sites excluding steroid dienone is 2. The van der Waals surface area contributed by atoms with Crippen LogP contribution in [0.2, 0.25) is 0 Å². The normalized spacial score (nSPS) is 28.9. The Balaban J connectivity index is 1.73. The molecule has 2 rings (SSSR count). The number of rotatable bonds is 13. The van der Waals surface area contributed by atoms with E-state index in [0.29, 0.717) is 31.2 Å². The highest BCUT2D eigenvalue weighted by molar-refractivity contribution is 5.75. The molecule has 0 heterocycles. The van der Waals surface area contributed by atoms with E-state index >= 15 is 0 Å². The van der Waals surface area contributed by atoms with Gasteiger partial charge in [-0.2, -0.15) is 0 Å². The number of aliphatic hydroxyl groups is 3.